The Balaban J connectivity index is 2.28. The van der Waals surface area contributed by atoms with Gasteiger partial charge in [-0.2, -0.15) is 0 Å². The first-order valence-electron chi connectivity index (χ1n) is 5.98. The highest BCUT2D eigenvalue weighted by Gasteiger charge is 2.28. The lowest BCUT2D eigenvalue weighted by Crippen LogP contribution is -2.43. The lowest BCUT2D eigenvalue weighted by Gasteiger charge is -2.38. The van der Waals surface area contributed by atoms with Gasteiger partial charge in [0.25, 0.3) is 0 Å². The van der Waals surface area contributed by atoms with E-state index in [1.165, 1.54) is 38.9 Å². The fourth-order valence-corrected chi connectivity index (χ4v) is 1.90. The molecule has 14 heavy (non-hydrogen) atoms. The maximum atomic E-state index is 3.64. The second-order valence-corrected chi connectivity index (χ2v) is 5.30. The van der Waals surface area contributed by atoms with E-state index in [1.807, 2.05) is 0 Å². The number of rotatable bonds is 4. The second kappa shape index (κ2) is 5.13. The van der Waals surface area contributed by atoms with Gasteiger partial charge in [-0.15, -0.1) is 0 Å². The second-order valence-electron chi connectivity index (χ2n) is 5.30. The van der Waals surface area contributed by atoms with E-state index >= 15 is 0 Å². The Morgan fingerprint density at radius 1 is 1.36 bits per heavy atom. The van der Waals surface area contributed by atoms with E-state index in [1.54, 1.807) is 0 Å². The van der Waals surface area contributed by atoms with E-state index in [4.69, 9.17) is 0 Å². The Morgan fingerprint density at radius 2 is 1.93 bits per heavy atom. The summed E-state index contributed by atoms with van der Waals surface area (Å²) in [5.74, 6) is 0. The molecular weight excluding hydrogens is 172 g/mol. The minimum Gasteiger partial charge on any atom is -0.314 e. The van der Waals surface area contributed by atoms with Gasteiger partial charge in [-0.1, -0.05) is 13.8 Å². The quantitative estimate of drug-likeness (QED) is 0.744. The summed E-state index contributed by atoms with van der Waals surface area (Å²) in [6, 6.07) is 0.673. The molecule has 1 N–H and O–H groups in total. The Kier molecular flexibility index (Phi) is 4.39. The van der Waals surface area contributed by atoms with E-state index in [-0.39, 0.29) is 0 Å². The van der Waals surface area contributed by atoms with Crippen molar-refractivity contribution in [2.75, 3.05) is 26.7 Å². The molecule has 84 valence electrons. The van der Waals surface area contributed by atoms with Crippen LogP contribution in [-0.4, -0.2) is 37.6 Å². The first-order chi connectivity index (χ1) is 6.56. The zero-order valence-electron chi connectivity index (χ0n) is 10.3. The van der Waals surface area contributed by atoms with Crippen molar-refractivity contribution in [3.05, 3.63) is 0 Å². The molecule has 0 saturated carbocycles. The van der Waals surface area contributed by atoms with Crippen molar-refractivity contribution >= 4 is 0 Å². The summed E-state index contributed by atoms with van der Waals surface area (Å²) < 4.78 is 0. The topological polar surface area (TPSA) is 15.3 Å². The lowest BCUT2D eigenvalue weighted by atomic mass is 9.80. The molecule has 0 bridgehead atoms. The van der Waals surface area contributed by atoms with Gasteiger partial charge in [0.15, 0.2) is 0 Å². The normalized spacial score (nSPS) is 24.9. The maximum absolute atomic E-state index is 3.64. The van der Waals surface area contributed by atoms with Crippen LogP contribution in [-0.2, 0) is 0 Å². The van der Waals surface area contributed by atoms with Gasteiger partial charge in [-0.05, 0) is 51.7 Å². The summed E-state index contributed by atoms with van der Waals surface area (Å²) in [7, 11) is 2.22. The highest BCUT2D eigenvalue weighted by atomic mass is 15.1. The molecule has 0 spiro atoms. The smallest absolute Gasteiger partial charge is 0.00363 e. The third kappa shape index (κ3) is 3.58. The molecule has 0 aromatic rings. The summed E-state index contributed by atoms with van der Waals surface area (Å²) in [5.41, 5.74) is 0.538. The SMILES string of the molecule is CCC(C)NCC1(C)CCN(C)CC1. The number of piperidine rings is 1. The predicted molar refractivity (Wildman–Crippen MR) is 62.6 cm³/mol. The molecule has 1 atom stereocenters. The van der Waals surface area contributed by atoms with Crippen LogP contribution < -0.4 is 5.32 Å². The molecule has 2 nitrogen and oxygen atoms in total. The fourth-order valence-electron chi connectivity index (χ4n) is 1.90. The summed E-state index contributed by atoms with van der Waals surface area (Å²) in [4.78, 5) is 2.44. The number of nitrogens with zero attached hydrogens (tertiary/aromatic N) is 1. The van der Waals surface area contributed by atoms with E-state index in [2.05, 4.69) is 38.0 Å². The van der Waals surface area contributed by atoms with Gasteiger partial charge in [-0.25, -0.2) is 0 Å². The Morgan fingerprint density at radius 3 is 2.43 bits per heavy atom. The molecule has 1 heterocycles. The van der Waals surface area contributed by atoms with Crippen LogP contribution in [0.5, 0.6) is 0 Å². The van der Waals surface area contributed by atoms with Crippen molar-refractivity contribution in [1.29, 1.82) is 0 Å². The summed E-state index contributed by atoms with van der Waals surface area (Å²) in [6.07, 6.45) is 3.91. The van der Waals surface area contributed by atoms with Crippen molar-refractivity contribution in [2.45, 2.75) is 46.1 Å². The summed E-state index contributed by atoms with van der Waals surface area (Å²) in [5, 5.41) is 3.64. The zero-order chi connectivity index (χ0) is 10.6. The van der Waals surface area contributed by atoms with Gasteiger partial charge in [-0.3, -0.25) is 0 Å². The van der Waals surface area contributed by atoms with E-state index < -0.39 is 0 Å². The molecule has 1 fully saturated rings. The van der Waals surface area contributed by atoms with E-state index in [9.17, 15) is 0 Å². The Hall–Kier alpha value is -0.0800. The predicted octanol–water partition coefficient (Wildman–Crippen LogP) is 2.11. The molecule has 1 rings (SSSR count). The highest BCUT2D eigenvalue weighted by molar-refractivity contribution is 4.83. The molecular formula is C12H26N2. The van der Waals surface area contributed by atoms with Crippen LogP contribution in [0, 0.1) is 5.41 Å². The first kappa shape index (κ1) is 12.0. The van der Waals surface area contributed by atoms with Crippen LogP contribution >= 0.6 is 0 Å². The molecule has 2 heteroatoms. The fraction of sp³-hybridized carbons (Fsp3) is 1.00. The average Bonchev–Trinajstić information content (AvgIpc) is 2.20. The molecule has 0 aromatic heterocycles. The van der Waals surface area contributed by atoms with Crippen molar-refractivity contribution in [2.24, 2.45) is 5.41 Å². The summed E-state index contributed by atoms with van der Waals surface area (Å²) in [6.45, 7) is 10.7. The lowest BCUT2D eigenvalue weighted by molar-refractivity contribution is 0.134. The van der Waals surface area contributed by atoms with Crippen molar-refractivity contribution in [3.63, 3.8) is 0 Å². The van der Waals surface area contributed by atoms with Crippen LogP contribution in [0.1, 0.15) is 40.0 Å². The van der Waals surface area contributed by atoms with Gasteiger partial charge < -0.3 is 10.2 Å². The van der Waals surface area contributed by atoms with Crippen molar-refractivity contribution in [3.8, 4) is 0 Å². The highest BCUT2D eigenvalue weighted by Crippen LogP contribution is 2.29. The Labute approximate surface area is 89.1 Å². The first-order valence-corrected chi connectivity index (χ1v) is 5.98. The third-order valence-corrected chi connectivity index (χ3v) is 3.68. The molecule has 1 saturated heterocycles. The number of nitrogens with one attached hydrogen (secondary N) is 1. The Bertz CT molecular complexity index is 160. The number of likely N-dealkylation sites (tertiary alicyclic amines) is 1. The average molecular weight is 198 g/mol. The molecule has 1 aliphatic heterocycles. The van der Waals surface area contributed by atoms with Crippen molar-refractivity contribution in [1.82, 2.24) is 10.2 Å². The van der Waals surface area contributed by atoms with Crippen LogP contribution in [0.2, 0.25) is 0 Å². The number of hydrogen-bond donors (Lipinski definition) is 1. The van der Waals surface area contributed by atoms with Gasteiger partial charge in [0.05, 0.1) is 0 Å². The molecule has 1 unspecified atom stereocenters. The van der Waals surface area contributed by atoms with Gasteiger partial charge in [0.1, 0.15) is 0 Å². The monoisotopic (exact) mass is 198 g/mol. The van der Waals surface area contributed by atoms with Gasteiger partial charge in [0.2, 0.25) is 0 Å². The zero-order valence-corrected chi connectivity index (χ0v) is 10.3. The van der Waals surface area contributed by atoms with Crippen LogP contribution in [0.25, 0.3) is 0 Å². The maximum Gasteiger partial charge on any atom is 0.00363 e. The molecule has 0 aromatic carbocycles. The number of hydrogen-bond acceptors (Lipinski definition) is 2. The summed E-state index contributed by atoms with van der Waals surface area (Å²) >= 11 is 0. The molecule has 1 aliphatic rings. The van der Waals surface area contributed by atoms with E-state index in [0.29, 0.717) is 11.5 Å². The van der Waals surface area contributed by atoms with Crippen LogP contribution in [0.3, 0.4) is 0 Å². The van der Waals surface area contributed by atoms with Gasteiger partial charge >= 0.3 is 0 Å². The molecule has 0 aliphatic carbocycles. The van der Waals surface area contributed by atoms with Gasteiger partial charge in [0, 0.05) is 12.6 Å². The van der Waals surface area contributed by atoms with E-state index in [0.717, 1.165) is 0 Å². The van der Waals surface area contributed by atoms with Crippen LogP contribution in [0.4, 0.5) is 0 Å². The van der Waals surface area contributed by atoms with Crippen molar-refractivity contribution < 1.29 is 0 Å². The minimum atomic E-state index is 0.538. The molecule has 0 amide bonds. The third-order valence-electron chi connectivity index (χ3n) is 3.68. The minimum absolute atomic E-state index is 0.538. The standard InChI is InChI=1S/C12H26N2/c1-5-11(2)13-10-12(3)6-8-14(4)9-7-12/h11,13H,5-10H2,1-4H3. The largest absolute Gasteiger partial charge is 0.314 e. The molecule has 0 radical (unpaired) electrons. The van der Waals surface area contributed by atoms with Crippen LogP contribution in [0.15, 0.2) is 0 Å².